The summed E-state index contributed by atoms with van der Waals surface area (Å²) in [5, 5.41) is 5.04. The Bertz CT molecular complexity index is 853. The third-order valence-electron chi connectivity index (χ3n) is 5.65. The maximum atomic E-state index is 13.1. The Hall–Kier alpha value is -2.22. The summed E-state index contributed by atoms with van der Waals surface area (Å²) in [6.45, 7) is 4.88. The molecule has 2 aliphatic rings. The largest absolute Gasteiger partial charge is 0.374 e. The third kappa shape index (κ3) is 4.37. The van der Waals surface area contributed by atoms with Gasteiger partial charge in [0.1, 0.15) is 0 Å². The maximum Gasteiger partial charge on any atom is 0.228 e. The molecule has 0 spiro atoms. The monoisotopic (exact) mass is 413 g/mol. The Kier molecular flexibility index (Phi) is 5.99. The lowest BCUT2D eigenvalue weighted by Crippen LogP contribution is -2.47. The highest BCUT2D eigenvalue weighted by Gasteiger charge is 2.45. The van der Waals surface area contributed by atoms with Crippen LogP contribution in [0.5, 0.6) is 0 Å². The van der Waals surface area contributed by atoms with Gasteiger partial charge in [-0.2, -0.15) is 0 Å². The van der Waals surface area contributed by atoms with Crippen LogP contribution in [0.25, 0.3) is 0 Å². The van der Waals surface area contributed by atoms with Crippen LogP contribution in [0.4, 0.5) is 5.69 Å². The Labute approximate surface area is 175 Å². The number of hydrogen-bond donors (Lipinski definition) is 1. The molecule has 2 aliphatic heterocycles. The van der Waals surface area contributed by atoms with Gasteiger partial charge in [0.05, 0.1) is 24.7 Å². The van der Waals surface area contributed by atoms with Crippen LogP contribution in [-0.2, 0) is 14.3 Å². The molecule has 29 heavy (non-hydrogen) atoms. The molecule has 2 saturated heterocycles. The van der Waals surface area contributed by atoms with Gasteiger partial charge in [-0.3, -0.25) is 9.59 Å². The first kappa shape index (κ1) is 20.1. The van der Waals surface area contributed by atoms with Crippen molar-refractivity contribution in [3.63, 3.8) is 0 Å². The highest BCUT2D eigenvalue weighted by Crippen LogP contribution is 2.43. The van der Waals surface area contributed by atoms with Gasteiger partial charge in [-0.05, 0) is 37.6 Å². The van der Waals surface area contributed by atoms with Crippen LogP contribution in [0, 0.1) is 12.8 Å². The average Bonchev–Trinajstić information content (AvgIpc) is 3.34. The van der Waals surface area contributed by atoms with Crippen molar-refractivity contribution in [2.45, 2.75) is 25.5 Å². The molecule has 7 heteroatoms. The van der Waals surface area contributed by atoms with Gasteiger partial charge in [-0.1, -0.05) is 23.8 Å². The molecule has 0 radical (unpaired) electrons. The minimum atomic E-state index is -0.413. The van der Waals surface area contributed by atoms with Gasteiger partial charge in [0.15, 0.2) is 0 Å². The van der Waals surface area contributed by atoms with E-state index in [1.165, 1.54) is 0 Å². The van der Waals surface area contributed by atoms with E-state index >= 15 is 0 Å². The first-order valence-electron chi connectivity index (χ1n) is 10.0. The van der Waals surface area contributed by atoms with Crippen LogP contribution >= 0.6 is 11.3 Å². The summed E-state index contributed by atoms with van der Waals surface area (Å²) in [4.78, 5) is 31.1. The first-order chi connectivity index (χ1) is 14.0. The molecule has 6 nitrogen and oxygen atoms in total. The summed E-state index contributed by atoms with van der Waals surface area (Å²) in [6, 6.07) is 11.6. The first-order valence-corrected chi connectivity index (χ1v) is 10.9. The highest BCUT2D eigenvalue weighted by atomic mass is 32.1. The van der Waals surface area contributed by atoms with E-state index in [1.54, 1.807) is 16.2 Å². The van der Waals surface area contributed by atoms with Crippen molar-refractivity contribution >= 4 is 28.8 Å². The van der Waals surface area contributed by atoms with Gasteiger partial charge >= 0.3 is 0 Å². The van der Waals surface area contributed by atoms with Crippen molar-refractivity contribution in [2.24, 2.45) is 5.92 Å². The standard InChI is InChI=1S/C22H27N3O3S/c1-15-5-7-16(8-6-15)25-20(26)12-18(21(25)19-4-3-11-29-19)22(27)23-13-17-14-24(2)9-10-28-17/h3-8,11,17-18,21H,9-10,12-14H2,1-2H3,(H,23,27). The number of aryl methyl sites for hydroxylation is 1. The van der Waals surface area contributed by atoms with Gasteiger partial charge in [0, 0.05) is 36.6 Å². The summed E-state index contributed by atoms with van der Waals surface area (Å²) in [5.41, 5.74) is 1.98. The summed E-state index contributed by atoms with van der Waals surface area (Å²) < 4.78 is 5.75. The van der Waals surface area contributed by atoms with E-state index in [-0.39, 0.29) is 30.4 Å². The lowest BCUT2D eigenvalue weighted by Gasteiger charge is -2.31. The van der Waals surface area contributed by atoms with Gasteiger partial charge in [0.25, 0.3) is 0 Å². The van der Waals surface area contributed by atoms with Crippen LogP contribution < -0.4 is 10.2 Å². The predicted octanol–water partition coefficient (Wildman–Crippen LogP) is 2.60. The van der Waals surface area contributed by atoms with Crippen LogP contribution in [0.1, 0.15) is 22.9 Å². The molecule has 0 bridgehead atoms. The Morgan fingerprint density at radius 3 is 2.76 bits per heavy atom. The Morgan fingerprint density at radius 1 is 1.28 bits per heavy atom. The molecule has 3 heterocycles. The van der Waals surface area contributed by atoms with Crippen molar-refractivity contribution in [1.82, 2.24) is 10.2 Å². The number of likely N-dealkylation sites (N-methyl/N-ethyl adjacent to an activating group) is 1. The molecule has 0 aliphatic carbocycles. The summed E-state index contributed by atoms with van der Waals surface area (Å²) in [6.07, 6.45) is 0.205. The Morgan fingerprint density at radius 2 is 2.07 bits per heavy atom. The van der Waals surface area contributed by atoms with Crippen LogP contribution in [-0.4, -0.2) is 56.1 Å². The fourth-order valence-corrected chi connectivity index (χ4v) is 4.98. The van der Waals surface area contributed by atoms with Crippen molar-refractivity contribution < 1.29 is 14.3 Å². The van der Waals surface area contributed by atoms with E-state index in [1.807, 2.05) is 48.7 Å². The molecule has 3 unspecified atom stereocenters. The molecule has 1 aromatic heterocycles. The minimum absolute atomic E-state index is 0.0109. The van der Waals surface area contributed by atoms with Crippen LogP contribution in [0.3, 0.4) is 0 Å². The number of thiophene rings is 1. The predicted molar refractivity (Wildman–Crippen MR) is 114 cm³/mol. The molecule has 0 saturated carbocycles. The zero-order valence-corrected chi connectivity index (χ0v) is 17.7. The molecule has 4 rings (SSSR count). The number of amides is 2. The topological polar surface area (TPSA) is 61.9 Å². The maximum absolute atomic E-state index is 13.1. The molecule has 3 atom stereocenters. The average molecular weight is 414 g/mol. The molecule has 154 valence electrons. The lowest BCUT2D eigenvalue weighted by atomic mass is 9.97. The van der Waals surface area contributed by atoms with Crippen molar-refractivity contribution in [1.29, 1.82) is 0 Å². The van der Waals surface area contributed by atoms with Crippen LogP contribution in [0.2, 0.25) is 0 Å². The number of hydrogen-bond acceptors (Lipinski definition) is 5. The SMILES string of the molecule is Cc1ccc(N2C(=O)CC(C(=O)NCC3CN(C)CCO3)C2c2cccs2)cc1. The second-order valence-corrected chi connectivity index (χ2v) is 8.85. The smallest absolute Gasteiger partial charge is 0.228 e. The van der Waals surface area contributed by atoms with Crippen LogP contribution in [0.15, 0.2) is 41.8 Å². The van der Waals surface area contributed by atoms with Gasteiger partial charge < -0.3 is 19.9 Å². The van der Waals surface area contributed by atoms with E-state index in [4.69, 9.17) is 4.74 Å². The molecule has 2 amide bonds. The molecular formula is C22H27N3O3S. The normalized spacial score (nSPS) is 25.4. The Balaban J connectivity index is 1.53. The zero-order chi connectivity index (χ0) is 20.4. The van der Waals surface area contributed by atoms with E-state index in [0.29, 0.717) is 13.2 Å². The van der Waals surface area contributed by atoms with E-state index < -0.39 is 5.92 Å². The third-order valence-corrected chi connectivity index (χ3v) is 6.59. The molecular weight excluding hydrogens is 386 g/mol. The van der Waals surface area contributed by atoms with Gasteiger partial charge in [0.2, 0.25) is 11.8 Å². The summed E-state index contributed by atoms with van der Waals surface area (Å²) in [5.74, 6) is -0.506. The number of rotatable bonds is 5. The number of morpholine rings is 1. The van der Waals surface area contributed by atoms with Gasteiger partial charge in [-0.25, -0.2) is 0 Å². The molecule has 1 N–H and O–H groups in total. The van der Waals surface area contributed by atoms with Crippen molar-refractivity contribution in [3.05, 3.63) is 52.2 Å². The molecule has 2 aromatic rings. The highest BCUT2D eigenvalue weighted by molar-refractivity contribution is 7.10. The van der Waals surface area contributed by atoms with E-state index in [2.05, 4.69) is 17.3 Å². The van der Waals surface area contributed by atoms with Crippen molar-refractivity contribution in [2.75, 3.05) is 38.2 Å². The number of carbonyl (C=O) groups excluding carboxylic acids is 2. The second-order valence-electron chi connectivity index (χ2n) is 7.87. The van der Waals surface area contributed by atoms with Crippen molar-refractivity contribution in [3.8, 4) is 0 Å². The summed E-state index contributed by atoms with van der Waals surface area (Å²) in [7, 11) is 2.05. The fraction of sp³-hybridized carbons (Fsp3) is 0.455. The van der Waals surface area contributed by atoms with E-state index in [9.17, 15) is 9.59 Å². The zero-order valence-electron chi connectivity index (χ0n) is 16.8. The number of nitrogens with zero attached hydrogens (tertiary/aromatic N) is 2. The molecule has 1 aromatic carbocycles. The lowest BCUT2D eigenvalue weighted by molar-refractivity contribution is -0.127. The number of ether oxygens (including phenoxy) is 1. The van der Waals surface area contributed by atoms with E-state index in [0.717, 1.165) is 29.2 Å². The number of benzene rings is 1. The second kappa shape index (κ2) is 8.65. The minimum Gasteiger partial charge on any atom is -0.374 e. The summed E-state index contributed by atoms with van der Waals surface area (Å²) >= 11 is 1.59. The number of nitrogens with one attached hydrogen (secondary N) is 1. The quantitative estimate of drug-likeness (QED) is 0.819. The number of carbonyl (C=O) groups is 2. The number of anilines is 1. The fourth-order valence-electron chi connectivity index (χ4n) is 4.10. The van der Waals surface area contributed by atoms with Gasteiger partial charge in [-0.15, -0.1) is 11.3 Å². The molecule has 2 fully saturated rings.